The van der Waals surface area contributed by atoms with E-state index in [9.17, 15) is 0 Å². The van der Waals surface area contributed by atoms with E-state index in [1.54, 1.807) is 0 Å². The number of hydrogen-bond donors (Lipinski definition) is 1. The van der Waals surface area contributed by atoms with Gasteiger partial charge in [0.1, 0.15) is 0 Å². The standard InChI is InChI=1S/C8H14N2S/c1-7-10-8(6-11-7)2-4-9-5-3-8/h9H,2-6H2,1H3. The van der Waals surface area contributed by atoms with Crippen molar-refractivity contribution >= 4 is 16.8 Å². The molecule has 2 aliphatic rings. The van der Waals surface area contributed by atoms with Crippen LogP contribution in [0.4, 0.5) is 0 Å². The molecule has 1 fully saturated rings. The van der Waals surface area contributed by atoms with Crippen molar-refractivity contribution in [3.63, 3.8) is 0 Å². The van der Waals surface area contributed by atoms with Gasteiger partial charge in [-0.25, -0.2) is 0 Å². The first-order chi connectivity index (χ1) is 5.31. The Bertz CT molecular complexity index is 183. The van der Waals surface area contributed by atoms with Crippen LogP contribution in [-0.2, 0) is 0 Å². The molecule has 0 aliphatic carbocycles. The van der Waals surface area contributed by atoms with Crippen LogP contribution in [0.3, 0.4) is 0 Å². The topological polar surface area (TPSA) is 24.4 Å². The van der Waals surface area contributed by atoms with Crippen molar-refractivity contribution in [3.05, 3.63) is 0 Å². The van der Waals surface area contributed by atoms with Gasteiger partial charge in [-0.15, -0.1) is 11.8 Å². The SMILES string of the molecule is CC1=NC2(CCNCC2)CS1. The molecule has 0 bridgehead atoms. The van der Waals surface area contributed by atoms with Gasteiger partial charge in [0.25, 0.3) is 0 Å². The Kier molecular flexibility index (Phi) is 1.93. The fourth-order valence-electron chi connectivity index (χ4n) is 1.79. The van der Waals surface area contributed by atoms with E-state index in [-0.39, 0.29) is 0 Å². The summed E-state index contributed by atoms with van der Waals surface area (Å²) in [5, 5.41) is 4.66. The highest BCUT2D eigenvalue weighted by Gasteiger charge is 2.35. The van der Waals surface area contributed by atoms with Gasteiger partial charge in [-0.1, -0.05) is 0 Å². The highest BCUT2D eigenvalue weighted by Crippen LogP contribution is 2.34. The summed E-state index contributed by atoms with van der Waals surface area (Å²) in [5.41, 5.74) is 0.333. The summed E-state index contributed by atoms with van der Waals surface area (Å²) < 4.78 is 0. The number of piperidine rings is 1. The maximum Gasteiger partial charge on any atom is 0.0735 e. The minimum atomic E-state index is 0.333. The number of thioether (sulfide) groups is 1. The molecule has 62 valence electrons. The number of rotatable bonds is 0. The molecule has 0 unspecified atom stereocenters. The second-order valence-corrected chi connectivity index (χ2v) is 4.56. The average molecular weight is 170 g/mol. The molecule has 11 heavy (non-hydrogen) atoms. The first-order valence-corrected chi connectivity index (χ1v) is 5.19. The molecule has 3 heteroatoms. The second kappa shape index (κ2) is 2.79. The van der Waals surface area contributed by atoms with E-state index in [4.69, 9.17) is 4.99 Å². The van der Waals surface area contributed by atoms with Crippen molar-refractivity contribution in [1.29, 1.82) is 0 Å². The number of aliphatic imine (C=N–C) groups is 1. The summed E-state index contributed by atoms with van der Waals surface area (Å²) in [6.45, 7) is 4.43. The van der Waals surface area contributed by atoms with Gasteiger partial charge in [0.05, 0.1) is 10.6 Å². The van der Waals surface area contributed by atoms with Crippen molar-refractivity contribution in [2.45, 2.75) is 25.3 Å². The smallest absolute Gasteiger partial charge is 0.0735 e. The van der Waals surface area contributed by atoms with Crippen LogP contribution in [0.5, 0.6) is 0 Å². The van der Waals surface area contributed by atoms with Crippen LogP contribution in [-0.4, -0.2) is 29.4 Å². The monoisotopic (exact) mass is 170 g/mol. The quantitative estimate of drug-likeness (QED) is 0.592. The molecule has 0 aromatic carbocycles. The van der Waals surface area contributed by atoms with Crippen molar-refractivity contribution in [2.24, 2.45) is 4.99 Å². The molecule has 1 saturated heterocycles. The van der Waals surface area contributed by atoms with Crippen molar-refractivity contribution in [3.8, 4) is 0 Å². The van der Waals surface area contributed by atoms with E-state index in [1.807, 2.05) is 11.8 Å². The summed E-state index contributed by atoms with van der Waals surface area (Å²) in [4.78, 5) is 4.72. The van der Waals surface area contributed by atoms with Crippen molar-refractivity contribution in [1.82, 2.24) is 5.32 Å². The third-order valence-electron chi connectivity index (χ3n) is 2.48. The lowest BCUT2D eigenvalue weighted by molar-refractivity contribution is 0.350. The minimum absolute atomic E-state index is 0.333. The van der Waals surface area contributed by atoms with E-state index >= 15 is 0 Å². The molecule has 0 amide bonds. The van der Waals surface area contributed by atoms with E-state index in [0.717, 1.165) is 13.1 Å². The van der Waals surface area contributed by atoms with Gasteiger partial charge in [0, 0.05) is 5.75 Å². The molecule has 2 aliphatic heterocycles. The zero-order valence-corrected chi connectivity index (χ0v) is 7.71. The molecule has 0 aromatic heterocycles. The van der Waals surface area contributed by atoms with Crippen molar-refractivity contribution < 1.29 is 0 Å². The molecular weight excluding hydrogens is 156 g/mol. The van der Waals surface area contributed by atoms with Crippen LogP contribution in [0.2, 0.25) is 0 Å². The Morgan fingerprint density at radius 3 is 2.73 bits per heavy atom. The van der Waals surface area contributed by atoms with Crippen LogP contribution < -0.4 is 5.32 Å². The number of hydrogen-bond acceptors (Lipinski definition) is 3. The Morgan fingerprint density at radius 1 is 1.45 bits per heavy atom. The fourth-order valence-corrected chi connectivity index (χ4v) is 2.87. The molecule has 0 saturated carbocycles. The maximum absolute atomic E-state index is 4.72. The van der Waals surface area contributed by atoms with Gasteiger partial charge in [0.2, 0.25) is 0 Å². The predicted octanol–water partition coefficient (Wildman–Crippen LogP) is 1.27. The minimum Gasteiger partial charge on any atom is -0.317 e. The van der Waals surface area contributed by atoms with Gasteiger partial charge < -0.3 is 5.32 Å². The third-order valence-corrected chi connectivity index (χ3v) is 3.67. The maximum atomic E-state index is 4.72. The van der Waals surface area contributed by atoms with Gasteiger partial charge in [-0.3, -0.25) is 4.99 Å². The lowest BCUT2D eigenvalue weighted by atomic mass is 9.91. The first-order valence-electron chi connectivity index (χ1n) is 4.21. The Balaban J connectivity index is 2.09. The highest BCUT2D eigenvalue weighted by atomic mass is 32.2. The van der Waals surface area contributed by atoms with E-state index in [2.05, 4.69) is 12.2 Å². The Morgan fingerprint density at radius 2 is 2.18 bits per heavy atom. The van der Waals surface area contributed by atoms with E-state index < -0.39 is 0 Å². The van der Waals surface area contributed by atoms with Crippen LogP contribution in [0, 0.1) is 0 Å². The summed E-state index contributed by atoms with van der Waals surface area (Å²) >= 11 is 1.92. The summed E-state index contributed by atoms with van der Waals surface area (Å²) in [6.07, 6.45) is 2.47. The summed E-state index contributed by atoms with van der Waals surface area (Å²) in [6, 6.07) is 0. The van der Waals surface area contributed by atoms with Crippen molar-refractivity contribution in [2.75, 3.05) is 18.8 Å². The molecular formula is C8H14N2S. The van der Waals surface area contributed by atoms with Crippen LogP contribution in [0.25, 0.3) is 0 Å². The molecule has 0 atom stereocenters. The normalized spacial score (nSPS) is 29.0. The van der Waals surface area contributed by atoms with Crippen LogP contribution >= 0.6 is 11.8 Å². The zero-order chi connectivity index (χ0) is 7.73. The lowest BCUT2D eigenvalue weighted by Crippen LogP contribution is -2.40. The van der Waals surface area contributed by atoms with Crippen LogP contribution in [0.1, 0.15) is 19.8 Å². The van der Waals surface area contributed by atoms with Crippen LogP contribution in [0.15, 0.2) is 4.99 Å². The summed E-state index contributed by atoms with van der Waals surface area (Å²) in [7, 11) is 0. The molecule has 0 radical (unpaired) electrons. The molecule has 0 aromatic rings. The molecule has 1 spiro atoms. The van der Waals surface area contributed by atoms with Gasteiger partial charge >= 0.3 is 0 Å². The third kappa shape index (κ3) is 1.44. The van der Waals surface area contributed by atoms with E-state index in [1.165, 1.54) is 23.6 Å². The fraction of sp³-hybridized carbons (Fsp3) is 0.875. The van der Waals surface area contributed by atoms with Gasteiger partial charge in [0.15, 0.2) is 0 Å². The Hall–Kier alpha value is -0.0200. The molecule has 2 heterocycles. The highest BCUT2D eigenvalue weighted by molar-refractivity contribution is 8.14. The van der Waals surface area contributed by atoms with Gasteiger partial charge in [-0.05, 0) is 32.9 Å². The molecule has 2 nitrogen and oxygen atoms in total. The largest absolute Gasteiger partial charge is 0.317 e. The average Bonchev–Trinajstić information content (AvgIpc) is 2.34. The Labute approximate surface area is 71.9 Å². The number of nitrogens with one attached hydrogen (secondary N) is 1. The zero-order valence-electron chi connectivity index (χ0n) is 6.89. The first kappa shape index (κ1) is 7.62. The molecule has 2 rings (SSSR count). The second-order valence-electron chi connectivity index (χ2n) is 3.39. The predicted molar refractivity (Wildman–Crippen MR) is 50.4 cm³/mol. The lowest BCUT2D eigenvalue weighted by Gasteiger charge is -2.30. The van der Waals surface area contributed by atoms with Gasteiger partial charge in [-0.2, -0.15) is 0 Å². The van der Waals surface area contributed by atoms with E-state index in [0.29, 0.717) is 5.54 Å². The molecule has 1 N–H and O–H groups in total. The number of nitrogens with zero attached hydrogens (tertiary/aromatic N) is 1. The summed E-state index contributed by atoms with van der Waals surface area (Å²) in [5.74, 6) is 1.22.